The number of amides is 1. The summed E-state index contributed by atoms with van der Waals surface area (Å²) < 4.78 is 0. The molecule has 0 atom stereocenters. The second-order valence-corrected chi connectivity index (χ2v) is 7.97. The van der Waals surface area contributed by atoms with Gasteiger partial charge in [0.1, 0.15) is 0 Å². The van der Waals surface area contributed by atoms with Gasteiger partial charge in [-0.25, -0.2) is 0 Å². The van der Waals surface area contributed by atoms with Crippen LogP contribution in [-0.4, -0.2) is 48.4 Å². The Morgan fingerprint density at radius 1 is 1.00 bits per heavy atom. The molecule has 2 fully saturated rings. The van der Waals surface area contributed by atoms with E-state index in [1.807, 2.05) is 20.8 Å². The van der Waals surface area contributed by atoms with Gasteiger partial charge in [-0.05, 0) is 24.7 Å². The van der Waals surface area contributed by atoms with Crippen molar-refractivity contribution < 1.29 is 4.79 Å². The van der Waals surface area contributed by atoms with Crippen molar-refractivity contribution in [2.24, 2.45) is 17.3 Å². The first-order valence-electron chi connectivity index (χ1n) is 8.38. The molecular weight excluding hydrogens is 248 g/mol. The van der Waals surface area contributed by atoms with Gasteiger partial charge in [0, 0.05) is 38.1 Å². The minimum atomic E-state index is -0.234. The molecule has 0 aromatic carbocycles. The normalized spacial score (nSPS) is 29.5. The van der Waals surface area contributed by atoms with Gasteiger partial charge in [0.25, 0.3) is 0 Å². The molecule has 116 valence electrons. The van der Waals surface area contributed by atoms with Crippen LogP contribution in [0.1, 0.15) is 53.4 Å². The van der Waals surface area contributed by atoms with Crippen molar-refractivity contribution in [1.29, 1.82) is 0 Å². The Morgan fingerprint density at radius 2 is 1.55 bits per heavy atom. The predicted octanol–water partition coefficient (Wildman–Crippen LogP) is 3.00. The monoisotopic (exact) mass is 280 g/mol. The van der Waals surface area contributed by atoms with Crippen molar-refractivity contribution in [3.63, 3.8) is 0 Å². The lowest BCUT2D eigenvalue weighted by atomic mass is 9.83. The van der Waals surface area contributed by atoms with Crippen molar-refractivity contribution in [3.05, 3.63) is 0 Å². The first kappa shape index (κ1) is 15.8. The van der Waals surface area contributed by atoms with Gasteiger partial charge in [0.2, 0.25) is 5.91 Å². The van der Waals surface area contributed by atoms with E-state index in [0.717, 1.165) is 38.0 Å². The zero-order valence-corrected chi connectivity index (χ0v) is 13.8. The number of piperazine rings is 1. The number of rotatable bonds is 2. The lowest BCUT2D eigenvalue weighted by Crippen LogP contribution is -2.52. The molecule has 1 amide bonds. The Hall–Kier alpha value is -0.570. The van der Waals surface area contributed by atoms with E-state index in [1.54, 1.807) is 0 Å². The molecule has 20 heavy (non-hydrogen) atoms. The minimum absolute atomic E-state index is 0.234. The van der Waals surface area contributed by atoms with Crippen molar-refractivity contribution >= 4 is 5.91 Å². The molecule has 3 nitrogen and oxygen atoms in total. The zero-order valence-electron chi connectivity index (χ0n) is 13.8. The fraction of sp³-hybridized carbons (Fsp3) is 0.941. The second kappa shape index (κ2) is 6.46. The highest BCUT2D eigenvalue weighted by Crippen LogP contribution is 2.29. The maximum absolute atomic E-state index is 12.3. The lowest BCUT2D eigenvalue weighted by Gasteiger charge is -2.39. The van der Waals surface area contributed by atoms with Crippen LogP contribution in [0.4, 0.5) is 0 Å². The van der Waals surface area contributed by atoms with Crippen molar-refractivity contribution in [1.82, 2.24) is 9.80 Å². The molecule has 1 aliphatic carbocycles. The SMILES string of the molecule is CC1CCC(CN2CCN(C(=O)C(C)(C)C)CC2)CC1. The lowest BCUT2D eigenvalue weighted by molar-refractivity contribution is -0.141. The summed E-state index contributed by atoms with van der Waals surface area (Å²) in [5, 5.41) is 0. The molecule has 0 radical (unpaired) electrons. The zero-order chi connectivity index (χ0) is 14.8. The molecular formula is C17H32N2O. The van der Waals surface area contributed by atoms with Crippen molar-refractivity contribution in [2.75, 3.05) is 32.7 Å². The van der Waals surface area contributed by atoms with Crippen molar-refractivity contribution in [3.8, 4) is 0 Å². The number of carbonyl (C=O) groups is 1. The molecule has 0 spiro atoms. The van der Waals surface area contributed by atoms with Crippen LogP contribution in [0, 0.1) is 17.3 Å². The van der Waals surface area contributed by atoms with Gasteiger partial charge >= 0.3 is 0 Å². The average Bonchev–Trinajstić information content (AvgIpc) is 2.40. The van der Waals surface area contributed by atoms with E-state index in [1.165, 1.54) is 32.2 Å². The van der Waals surface area contributed by atoms with Gasteiger partial charge in [-0.3, -0.25) is 9.69 Å². The highest BCUT2D eigenvalue weighted by molar-refractivity contribution is 5.81. The molecule has 1 saturated carbocycles. The summed E-state index contributed by atoms with van der Waals surface area (Å²) in [5.74, 6) is 2.15. The smallest absolute Gasteiger partial charge is 0.228 e. The average molecular weight is 280 g/mol. The van der Waals surface area contributed by atoms with Crippen LogP contribution >= 0.6 is 0 Å². The van der Waals surface area contributed by atoms with Crippen molar-refractivity contribution in [2.45, 2.75) is 53.4 Å². The van der Waals surface area contributed by atoms with Crippen LogP contribution in [0.15, 0.2) is 0 Å². The van der Waals surface area contributed by atoms with E-state index in [9.17, 15) is 4.79 Å². The van der Waals surface area contributed by atoms with E-state index in [2.05, 4.69) is 16.7 Å². The number of hydrogen-bond donors (Lipinski definition) is 0. The molecule has 2 aliphatic rings. The van der Waals surface area contributed by atoms with Gasteiger partial charge in [-0.15, -0.1) is 0 Å². The molecule has 0 unspecified atom stereocenters. The summed E-state index contributed by atoms with van der Waals surface area (Å²) in [6.07, 6.45) is 5.63. The Balaban J connectivity index is 1.73. The summed E-state index contributed by atoms with van der Waals surface area (Å²) in [5.41, 5.74) is -0.234. The Labute approximate surface area is 124 Å². The maximum Gasteiger partial charge on any atom is 0.228 e. The quantitative estimate of drug-likeness (QED) is 0.776. The summed E-state index contributed by atoms with van der Waals surface area (Å²) in [6.45, 7) is 13.7. The molecule has 1 heterocycles. The highest BCUT2D eigenvalue weighted by atomic mass is 16.2. The van der Waals surface area contributed by atoms with E-state index < -0.39 is 0 Å². The van der Waals surface area contributed by atoms with Crippen LogP contribution in [0.5, 0.6) is 0 Å². The third-order valence-electron chi connectivity index (χ3n) is 4.95. The van der Waals surface area contributed by atoms with Crippen LogP contribution in [0.3, 0.4) is 0 Å². The Bertz CT molecular complexity index is 318. The van der Waals surface area contributed by atoms with Gasteiger partial charge in [-0.2, -0.15) is 0 Å². The minimum Gasteiger partial charge on any atom is -0.340 e. The van der Waals surface area contributed by atoms with E-state index in [0.29, 0.717) is 5.91 Å². The second-order valence-electron chi connectivity index (χ2n) is 7.97. The molecule has 0 aromatic heterocycles. The van der Waals surface area contributed by atoms with Gasteiger partial charge in [0.15, 0.2) is 0 Å². The molecule has 3 heteroatoms. The summed E-state index contributed by atoms with van der Waals surface area (Å²) in [6, 6.07) is 0. The Kier molecular flexibility index (Phi) is 5.11. The third kappa shape index (κ3) is 4.21. The fourth-order valence-corrected chi connectivity index (χ4v) is 3.48. The molecule has 0 N–H and O–H groups in total. The highest BCUT2D eigenvalue weighted by Gasteiger charge is 2.30. The molecule has 2 rings (SSSR count). The summed E-state index contributed by atoms with van der Waals surface area (Å²) >= 11 is 0. The van der Waals surface area contributed by atoms with Crippen LogP contribution in [0.2, 0.25) is 0 Å². The topological polar surface area (TPSA) is 23.6 Å². The fourth-order valence-electron chi connectivity index (χ4n) is 3.48. The summed E-state index contributed by atoms with van der Waals surface area (Å²) in [7, 11) is 0. The van der Waals surface area contributed by atoms with Crippen LogP contribution in [-0.2, 0) is 4.79 Å². The van der Waals surface area contributed by atoms with E-state index >= 15 is 0 Å². The number of hydrogen-bond acceptors (Lipinski definition) is 2. The predicted molar refractivity (Wildman–Crippen MR) is 83.6 cm³/mol. The molecule has 0 bridgehead atoms. The van der Waals surface area contributed by atoms with Gasteiger partial charge < -0.3 is 4.90 Å². The molecule has 1 aliphatic heterocycles. The van der Waals surface area contributed by atoms with Gasteiger partial charge in [0.05, 0.1) is 0 Å². The van der Waals surface area contributed by atoms with Crippen LogP contribution in [0.25, 0.3) is 0 Å². The van der Waals surface area contributed by atoms with E-state index in [4.69, 9.17) is 0 Å². The first-order chi connectivity index (χ1) is 9.36. The maximum atomic E-state index is 12.3. The largest absolute Gasteiger partial charge is 0.340 e. The first-order valence-corrected chi connectivity index (χ1v) is 8.38. The number of nitrogens with zero attached hydrogens (tertiary/aromatic N) is 2. The Morgan fingerprint density at radius 3 is 2.05 bits per heavy atom. The molecule has 0 aromatic rings. The molecule has 1 saturated heterocycles. The third-order valence-corrected chi connectivity index (χ3v) is 4.95. The van der Waals surface area contributed by atoms with Crippen LogP contribution < -0.4 is 0 Å². The number of carbonyl (C=O) groups excluding carboxylic acids is 1. The standard InChI is InChI=1S/C17H32N2O/c1-14-5-7-15(8-6-14)13-18-9-11-19(12-10-18)16(20)17(2,3)4/h14-15H,5-13H2,1-4H3. The van der Waals surface area contributed by atoms with Gasteiger partial charge in [-0.1, -0.05) is 40.5 Å². The van der Waals surface area contributed by atoms with E-state index in [-0.39, 0.29) is 5.41 Å². The summed E-state index contributed by atoms with van der Waals surface area (Å²) in [4.78, 5) is 16.9.